The van der Waals surface area contributed by atoms with Crippen LogP contribution in [0.15, 0.2) is 23.0 Å². The van der Waals surface area contributed by atoms with Crippen molar-refractivity contribution in [2.45, 2.75) is 38.1 Å². The van der Waals surface area contributed by atoms with Gasteiger partial charge in [-0.15, -0.1) is 5.10 Å². The van der Waals surface area contributed by atoms with Crippen molar-refractivity contribution in [1.29, 1.82) is 0 Å². The van der Waals surface area contributed by atoms with Crippen molar-refractivity contribution in [2.24, 2.45) is 5.73 Å². The van der Waals surface area contributed by atoms with Crippen molar-refractivity contribution in [3.63, 3.8) is 0 Å². The standard InChI is InChI=1S/C17H20N6O4/c18-13(24)6-1-2-9-19-10-4-3-5-11-15(10)17(27)23(22-21-11)12-7-8-14(25)20-16(12)26/h3-5,12,19H,1-2,6-9H2,(H2,18,24)(H,20,25,26). The number of nitrogens with two attached hydrogens (primary N) is 1. The largest absolute Gasteiger partial charge is 0.384 e. The van der Waals surface area contributed by atoms with E-state index in [9.17, 15) is 19.2 Å². The lowest BCUT2D eigenvalue weighted by molar-refractivity contribution is -0.136. The summed E-state index contributed by atoms with van der Waals surface area (Å²) < 4.78 is 1.03. The fraction of sp³-hybridized carbons (Fsp3) is 0.412. The smallest absolute Gasteiger partial charge is 0.280 e. The number of nitrogens with zero attached hydrogens (tertiary/aromatic N) is 3. The van der Waals surface area contributed by atoms with Gasteiger partial charge in [0.05, 0.1) is 5.39 Å². The molecule has 0 spiro atoms. The van der Waals surface area contributed by atoms with Gasteiger partial charge in [0.1, 0.15) is 11.6 Å². The summed E-state index contributed by atoms with van der Waals surface area (Å²) in [6, 6.07) is 4.29. The molecule has 3 rings (SSSR count). The Morgan fingerprint density at radius 1 is 1.30 bits per heavy atom. The van der Waals surface area contributed by atoms with Crippen LogP contribution in [-0.2, 0) is 14.4 Å². The molecule has 4 N–H and O–H groups in total. The van der Waals surface area contributed by atoms with Gasteiger partial charge in [-0.1, -0.05) is 11.3 Å². The van der Waals surface area contributed by atoms with Gasteiger partial charge in [-0.3, -0.25) is 24.5 Å². The van der Waals surface area contributed by atoms with Crippen molar-refractivity contribution in [1.82, 2.24) is 20.3 Å². The monoisotopic (exact) mass is 372 g/mol. The van der Waals surface area contributed by atoms with Gasteiger partial charge in [-0.05, 0) is 31.4 Å². The van der Waals surface area contributed by atoms with Crippen LogP contribution < -0.4 is 21.9 Å². The summed E-state index contributed by atoms with van der Waals surface area (Å²) in [5.74, 6) is -1.27. The van der Waals surface area contributed by atoms with Crippen LogP contribution in [0.2, 0.25) is 0 Å². The maximum Gasteiger partial charge on any atom is 0.280 e. The Morgan fingerprint density at radius 3 is 2.85 bits per heavy atom. The number of piperidine rings is 1. The molecule has 1 saturated heterocycles. The Bertz CT molecular complexity index is 954. The molecule has 2 heterocycles. The maximum atomic E-state index is 12.9. The van der Waals surface area contributed by atoms with Crippen molar-refractivity contribution >= 4 is 34.3 Å². The lowest BCUT2D eigenvalue weighted by Gasteiger charge is -2.21. The Hall–Kier alpha value is -3.30. The van der Waals surface area contributed by atoms with E-state index < -0.39 is 17.5 Å². The number of nitrogens with one attached hydrogen (secondary N) is 2. The van der Waals surface area contributed by atoms with Gasteiger partial charge in [0.15, 0.2) is 0 Å². The van der Waals surface area contributed by atoms with E-state index in [1.54, 1.807) is 18.2 Å². The fourth-order valence-corrected chi connectivity index (χ4v) is 3.01. The van der Waals surface area contributed by atoms with E-state index in [1.807, 2.05) is 0 Å². The van der Waals surface area contributed by atoms with Crippen LogP contribution >= 0.6 is 0 Å². The quantitative estimate of drug-likeness (QED) is 0.451. The molecule has 0 bridgehead atoms. The summed E-state index contributed by atoms with van der Waals surface area (Å²) in [6.07, 6.45) is 2.01. The van der Waals surface area contributed by atoms with Gasteiger partial charge < -0.3 is 11.1 Å². The Kier molecular flexibility index (Phi) is 5.43. The first-order valence-electron chi connectivity index (χ1n) is 8.71. The first-order chi connectivity index (χ1) is 13.0. The third-order valence-electron chi connectivity index (χ3n) is 4.38. The molecule has 1 aromatic heterocycles. The van der Waals surface area contributed by atoms with Gasteiger partial charge in [-0.25, -0.2) is 0 Å². The molecule has 0 aliphatic carbocycles. The topological polar surface area (TPSA) is 149 Å². The van der Waals surface area contributed by atoms with Gasteiger partial charge >= 0.3 is 0 Å². The van der Waals surface area contributed by atoms with Gasteiger partial charge in [0.2, 0.25) is 11.8 Å². The molecular formula is C17H20N6O4. The summed E-state index contributed by atoms with van der Waals surface area (Å²) >= 11 is 0. The van der Waals surface area contributed by atoms with Gasteiger partial charge in [0.25, 0.3) is 11.5 Å². The van der Waals surface area contributed by atoms with Crippen LogP contribution in [-0.4, -0.2) is 39.3 Å². The predicted molar refractivity (Wildman–Crippen MR) is 96.8 cm³/mol. The number of rotatable bonds is 7. The second-order valence-corrected chi connectivity index (χ2v) is 6.36. The third kappa shape index (κ3) is 4.10. The van der Waals surface area contributed by atoms with E-state index in [2.05, 4.69) is 20.9 Å². The van der Waals surface area contributed by atoms with Gasteiger partial charge in [0, 0.05) is 25.1 Å². The number of amides is 3. The minimum absolute atomic E-state index is 0.141. The zero-order valence-corrected chi connectivity index (χ0v) is 14.6. The van der Waals surface area contributed by atoms with E-state index in [0.29, 0.717) is 42.4 Å². The first kappa shape index (κ1) is 18.5. The number of aromatic nitrogens is 3. The predicted octanol–water partition coefficient (Wildman–Crippen LogP) is -0.163. The molecule has 0 saturated carbocycles. The number of fused-ring (bicyclic) bond motifs is 1. The van der Waals surface area contributed by atoms with Crippen molar-refractivity contribution < 1.29 is 14.4 Å². The van der Waals surface area contributed by atoms with Crippen molar-refractivity contribution in [3.05, 3.63) is 28.6 Å². The molecule has 1 aliphatic rings. The highest BCUT2D eigenvalue weighted by atomic mass is 16.2. The molecule has 27 heavy (non-hydrogen) atoms. The average molecular weight is 372 g/mol. The number of hydrogen-bond donors (Lipinski definition) is 3. The molecular weight excluding hydrogens is 352 g/mol. The number of carbonyl (C=O) groups is 3. The second-order valence-electron chi connectivity index (χ2n) is 6.36. The Morgan fingerprint density at radius 2 is 2.11 bits per heavy atom. The van der Waals surface area contributed by atoms with E-state index in [1.165, 1.54) is 0 Å². The summed E-state index contributed by atoms with van der Waals surface area (Å²) in [5.41, 5.74) is 5.65. The van der Waals surface area contributed by atoms with Crippen LogP contribution in [0.4, 0.5) is 5.69 Å². The number of carbonyl (C=O) groups excluding carboxylic acids is 3. The summed E-state index contributed by atoms with van der Waals surface area (Å²) in [4.78, 5) is 47.1. The molecule has 3 amide bonds. The second kappa shape index (κ2) is 7.94. The van der Waals surface area contributed by atoms with E-state index >= 15 is 0 Å². The number of hydrogen-bond acceptors (Lipinski definition) is 7. The lowest BCUT2D eigenvalue weighted by atomic mass is 10.1. The van der Waals surface area contributed by atoms with Crippen LogP contribution in [0, 0.1) is 0 Å². The number of benzene rings is 1. The lowest BCUT2D eigenvalue weighted by Crippen LogP contribution is -2.45. The van der Waals surface area contributed by atoms with Crippen LogP contribution in [0.25, 0.3) is 10.9 Å². The summed E-state index contributed by atoms with van der Waals surface area (Å²) in [6.45, 7) is 0.548. The van der Waals surface area contributed by atoms with Gasteiger partial charge in [-0.2, -0.15) is 4.68 Å². The molecule has 1 unspecified atom stereocenters. The maximum absolute atomic E-state index is 12.9. The summed E-state index contributed by atoms with van der Waals surface area (Å²) in [7, 11) is 0. The fourth-order valence-electron chi connectivity index (χ4n) is 3.01. The minimum atomic E-state index is -0.865. The Balaban J connectivity index is 1.85. The molecule has 142 valence electrons. The number of imide groups is 1. The minimum Gasteiger partial charge on any atom is -0.384 e. The van der Waals surface area contributed by atoms with Crippen molar-refractivity contribution in [3.8, 4) is 0 Å². The van der Waals surface area contributed by atoms with Crippen LogP contribution in [0.3, 0.4) is 0 Å². The average Bonchev–Trinajstić information content (AvgIpc) is 2.62. The zero-order valence-electron chi connectivity index (χ0n) is 14.6. The molecule has 1 fully saturated rings. The highest BCUT2D eigenvalue weighted by Gasteiger charge is 2.30. The SMILES string of the molecule is NC(=O)CCCCNc1cccc2nnn(C3CCC(=O)NC3=O)c(=O)c12. The molecule has 0 radical (unpaired) electrons. The van der Waals surface area contributed by atoms with E-state index in [4.69, 9.17) is 5.73 Å². The zero-order chi connectivity index (χ0) is 19.4. The normalized spacial score (nSPS) is 17.0. The van der Waals surface area contributed by atoms with E-state index in [0.717, 1.165) is 4.68 Å². The number of anilines is 1. The number of unbranched alkanes of at least 4 members (excludes halogenated alkanes) is 1. The van der Waals surface area contributed by atoms with E-state index in [-0.39, 0.29) is 24.7 Å². The molecule has 10 heteroatoms. The van der Waals surface area contributed by atoms with Crippen LogP contribution in [0.5, 0.6) is 0 Å². The highest BCUT2D eigenvalue weighted by molar-refractivity contribution is 5.99. The van der Waals surface area contributed by atoms with Crippen LogP contribution in [0.1, 0.15) is 38.1 Å². The molecule has 1 atom stereocenters. The third-order valence-corrected chi connectivity index (χ3v) is 4.38. The molecule has 10 nitrogen and oxygen atoms in total. The molecule has 2 aromatic rings. The molecule has 1 aromatic carbocycles. The van der Waals surface area contributed by atoms with Crippen molar-refractivity contribution in [2.75, 3.05) is 11.9 Å². The summed E-state index contributed by atoms with van der Waals surface area (Å²) in [5, 5.41) is 13.6. The molecule has 1 aliphatic heterocycles. The number of primary amides is 1. The first-order valence-corrected chi connectivity index (χ1v) is 8.71. The highest BCUT2D eigenvalue weighted by Crippen LogP contribution is 2.20. The Labute approximate surface area is 154 Å².